The van der Waals surface area contributed by atoms with Gasteiger partial charge >= 0.3 is 6.09 Å². The van der Waals surface area contributed by atoms with Gasteiger partial charge in [0.25, 0.3) is 5.91 Å². The fourth-order valence-electron chi connectivity index (χ4n) is 3.97. The van der Waals surface area contributed by atoms with E-state index in [1.807, 2.05) is 25.4 Å². The topological polar surface area (TPSA) is 83.9 Å². The first-order valence-corrected chi connectivity index (χ1v) is 10.5. The van der Waals surface area contributed by atoms with Crippen LogP contribution in [-0.4, -0.2) is 59.7 Å². The largest absolute Gasteiger partial charge is 0.442 e. The molecule has 1 aromatic carbocycles. The van der Waals surface area contributed by atoms with Gasteiger partial charge in [0.1, 0.15) is 17.6 Å². The van der Waals surface area contributed by atoms with Gasteiger partial charge in [-0.25, -0.2) is 9.18 Å². The lowest BCUT2D eigenvalue weighted by atomic mass is 9.98. The van der Waals surface area contributed by atoms with Crippen LogP contribution >= 0.6 is 0 Å². The number of aromatic nitrogens is 1. The van der Waals surface area contributed by atoms with Crippen molar-refractivity contribution in [3.8, 4) is 0 Å². The molecular weight excluding hydrogens is 415 g/mol. The van der Waals surface area contributed by atoms with Gasteiger partial charge in [0, 0.05) is 38.8 Å². The molecule has 0 radical (unpaired) electrons. The zero-order valence-electron chi connectivity index (χ0n) is 18.0. The van der Waals surface area contributed by atoms with Crippen molar-refractivity contribution in [2.75, 3.05) is 31.1 Å². The van der Waals surface area contributed by atoms with E-state index in [2.05, 4.69) is 5.32 Å². The fourth-order valence-corrected chi connectivity index (χ4v) is 3.97. The first-order valence-electron chi connectivity index (χ1n) is 10.5. The second-order valence-electron chi connectivity index (χ2n) is 7.95. The number of anilines is 1. The normalized spacial score (nSPS) is 18.4. The molecular formula is C23H25FN4O4. The van der Waals surface area contributed by atoms with Gasteiger partial charge in [-0.15, -0.1) is 0 Å². The standard InChI is InChI=1S/C23H25FN4O4/c1-15(29)25-13-18-14-28(23(31)32-18)17-5-6-19(20(24)12-17)16-7-10-27(11-8-16)22(30)21-4-3-9-26(21)2/h3-7,9,12,18H,8,10-11,13-14H2,1-2H3,(H,25,29)/t18-/m0/s1. The number of benzene rings is 1. The number of cyclic esters (lactones) is 1. The quantitative estimate of drug-likeness (QED) is 0.775. The highest BCUT2D eigenvalue weighted by Gasteiger charge is 2.33. The number of halogens is 1. The van der Waals surface area contributed by atoms with Crippen LogP contribution in [0.5, 0.6) is 0 Å². The first-order chi connectivity index (χ1) is 15.3. The number of ether oxygens (including phenoxy) is 1. The zero-order chi connectivity index (χ0) is 22.8. The highest BCUT2D eigenvalue weighted by atomic mass is 19.1. The third kappa shape index (κ3) is 4.37. The van der Waals surface area contributed by atoms with Gasteiger partial charge < -0.3 is 19.5 Å². The molecule has 1 fully saturated rings. The Bertz CT molecular complexity index is 1090. The molecule has 1 saturated heterocycles. The molecule has 0 saturated carbocycles. The molecule has 0 unspecified atom stereocenters. The summed E-state index contributed by atoms with van der Waals surface area (Å²) in [4.78, 5) is 39.0. The molecule has 1 aromatic heterocycles. The monoisotopic (exact) mass is 440 g/mol. The van der Waals surface area contributed by atoms with Crippen molar-refractivity contribution in [1.82, 2.24) is 14.8 Å². The van der Waals surface area contributed by atoms with Crippen LogP contribution < -0.4 is 10.2 Å². The molecule has 3 heterocycles. The Hall–Kier alpha value is -3.62. The van der Waals surface area contributed by atoms with E-state index in [1.54, 1.807) is 27.7 Å². The van der Waals surface area contributed by atoms with Gasteiger partial charge in [-0.1, -0.05) is 6.08 Å². The Balaban J connectivity index is 1.43. The number of nitrogens with one attached hydrogen (secondary N) is 1. The number of rotatable bonds is 5. The summed E-state index contributed by atoms with van der Waals surface area (Å²) in [5, 5.41) is 2.61. The van der Waals surface area contributed by atoms with Crippen molar-refractivity contribution in [3.63, 3.8) is 0 Å². The molecule has 8 nitrogen and oxygen atoms in total. The van der Waals surface area contributed by atoms with E-state index in [4.69, 9.17) is 4.74 Å². The summed E-state index contributed by atoms with van der Waals surface area (Å²) >= 11 is 0. The second kappa shape index (κ2) is 8.86. The Kier molecular flexibility index (Phi) is 5.98. The minimum Gasteiger partial charge on any atom is -0.442 e. The molecule has 4 rings (SSSR count). The minimum absolute atomic E-state index is 0.0509. The third-order valence-corrected chi connectivity index (χ3v) is 5.72. The zero-order valence-corrected chi connectivity index (χ0v) is 18.0. The first kappa shape index (κ1) is 21.6. The molecule has 2 aromatic rings. The fraction of sp³-hybridized carbons (Fsp3) is 0.348. The Labute approximate surface area is 185 Å². The molecule has 1 N–H and O–H groups in total. The number of nitrogens with zero attached hydrogens (tertiary/aromatic N) is 3. The minimum atomic E-state index is -0.570. The number of hydrogen-bond donors (Lipinski definition) is 1. The predicted molar refractivity (Wildman–Crippen MR) is 117 cm³/mol. The SMILES string of the molecule is CC(=O)NC[C@H]1CN(c2ccc(C3=CCN(C(=O)c4cccn4C)CC3)c(F)c2)C(=O)O1. The lowest BCUT2D eigenvalue weighted by Gasteiger charge is -2.27. The summed E-state index contributed by atoms with van der Waals surface area (Å²) < 4.78 is 22.0. The van der Waals surface area contributed by atoms with Gasteiger partial charge in [-0.05, 0) is 42.3 Å². The van der Waals surface area contributed by atoms with Crippen LogP contribution in [0.1, 0.15) is 29.4 Å². The molecule has 9 heteroatoms. The number of hydrogen-bond acceptors (Lipinski definition) is 4. The van der Waals surface area contributed by atoms with E-state index in [1.165, 1.54) is 17.9 Å². The van der Waals surface area contributed by atoms with Gasteiger partial charge in [-0.2, -0.15) is 0 Å². The molecule has 0 aliphatic carbocycles. The van der Waals surface area contributed by atoms with Crippen LogP contribution in [0, 0.1) is 5.82 Å². The van der Waals surface area contributed by atoms with Crippen LogP contribution in [0.15, 0.2) is 42.6 Å². The molecule has 1 atom stereocenters. The highest BCUT2D eigenvalue weighted by molar-refractivity contribution is 5.93. The summed E-state index contributed by atoms with van der Waals surface area (Å²) in [6, 6.07) is 8.26. The van der Waals surface area contributed by atoms with Crippen molar-refractivity contribution in [2.45, 2.75) is 19.4 Å². The maximum Gasteiger partial charge on any atom is 0.414 e. The van der Waals surface area contributed by atoms with Gasteiger partial charge in [0.15, 0.2) is 0 Å². The summed E-state index contributed by atoms with van der Waals surface area (Å²) in [7, 11) is 1.83. The van der Waals surface area contributed by atoms with Crippen molar-refractivity contribution >= 4 is 29.2 Å². The number of aryl methyl sites for hydroxylation is 1. The second-order valence-corrected chi connectivity index (χ2v) is 7.95. The van der Waals surface area contributed by atoms with Gasteiger partial charge in [0.2, 0.25) is 5.91 Å². The van der Waals surface area contributed by atoms with Crippen LogP contribution in [0.4, 0.5) is 14.9 Å². The summed E-state index contributed by atoms with van der Waals surface area (Å²) in [6.07, 6.45) is 3.18. The maximum absolute atomic E-state index is 14.9. The van der Waals surface area contributed by atoms with Gasteiger partial charge in [0.05, 0.1) is 18.8 Å². The summed E-state index contributed by atoms with van der Waals surface area (Å²) in [5.74, 6) is -0.696. The summed E-state index contributed by atoms with van der Waals surface area (Å²) in [6.45, 7) is 2.74. The Morgan fingerprint density at radius 3 is 2.72 bits per heavy atom. The average Bonchev–Trinajstić information content (AvgIpc) is 3.37. The van der Waals surface area contributed by atoms with E-state index in [0.717, 1.165) is 5.57 Å². The lowest BCUT2D eigenvalue weighted by Crippen LogP contribution is -2.35. The lowest BCUT2D eigenvalue weighted by molar-refractivity contribution is -0.119. The number of carbonyl (C=O) groups excluding carboxylic acids is 3. The summed E-state index contributed by atoms with van der Waals surface area (Å²) in [5.41, 5.74) is 2.31. The maximum atomic E-state index is 14.9. The van der Waals surface area contributed by atoms with Crippen LogP contribution in [0.3, 0.4) is 0 Å². The van der Waals surface area contributed by atoms with Crippen molar-refractivity contribution in [2.24, 2.45) is 7.05 Å². The van der Waals surface area contributed by atoms with E-state index in [-0.39, 0.29) is 24.9 Å². The molecule has 0 bridgehead atoms. The molecule has 32 heavy (non-hydrogen) atoms. The predicted octanol–water partition coefficient (Wildman–Crippen LogP) is 2.56. The van der Waals surface area contributed by atoms with Crippen LogP contribution in [0.2, 0.25) is 0 Å². The Morgan fingerprint density at radius 1 is 1.28 bits per heavy atom. The van der Waals surface area contributed by atoms with E-state index < -0.39 is 18.0 Å². The van der Waals surface area contributed by atoms with E-state index >= 15 is 0 Å². The molecule has 168 valence electrons. The highest BCUT2D eigenvalue weighted by Crippen LogP contribution is 2.30. The number of amides is 3. The van der Waals surface area contributed by atoms with Crippen molar-refractivity contribution in [1.29, 1.82) is 0 Å². The van der Waals surface area contributed by atoms with E-state index in [0.29, 0.717) is 36.5 Å². The van der Waals surface area contributed by atoms with E-state index in [9.17, 15) is 18.8 Å². The van der Waals surface area contributed by atoms with Crippen LogP contribution in [0.25, 0.3) is 5.57 Å². The number of carbonyl (C=O) groups is 3. The Morgan fingerprint density at radius 2 is 2.09 bits per heavy atom. The smallest absolute Gasteiger partial charge is 0.414 e. The van der Waals surface area contributed by atoms with Crippen LogP contribution in [-0.2, 0) is 16.6 Å². The average molecular weight is 440 g/mol. The molecule has 2 aliphatic heterocycles. The van der Waals surface area contributed by atoms with Crippen molar-refractivity contribution in [3.05, 3.63) is 59.7 Å². The van der Waals surface area contributed by atoms with Gasteiger partial charge in [-0.3, -0.25) is 14.5 Å². The molecule has 2 aliphatic rings. The molecule has 3 amide bonds. The third-order valence-electron chi connectivity index (χ3n) is 5.72. The molecule has 0 spiro atoms. The van der Waals surface area contributed by atoms with Crippen molar-refractivity contribution < 1.29 is 23.5 Å².